The van der Waals surface area contributed by atoms with Crippen LogP contribution in [0.25, 0.3) is 20.8 Å². The lowest BCUT2D eigenvalue weighted by Crippen LogP contribution is -2.19. The number of rotatable bonds is 9. The molecule has 0 bridgehead atoms. The number of nitrogens with one attached hydrogen (secondary N) is 2. The monoisotopic (exact) mass is 443 g/mol. The smallest absolute Gasteiger partial charge is 0.224 e. The largest absolute Gasteiger partial charge is 0.497 e. The molecule has 0 unspecified atom stereocenters. The van der Waals surface area contributed by atoms with E-state index >= 15 is 0 Å². The molecule has 0 radical (unpaired) electrons. The third kappa shape index (κ3) is 4.89. The molecule has 0 saturated heterocycles. The van der Waals surface area contributed by atoms with Gasteiger partial charge in [0, 0.05) is 32.4 Å². The van der Waals surface area contributed by atoms with Crippen LogP contribution in [-0.2, 0) is 4.74 Å². The summed E-state index contributed by atoms with van der Waals surface area (Å²) in [5.41, 5.74) is 2.68. The predicted molar refractivity (Wildman–Crippen MR) is 124 cm³/mol. The highest BCUT2D eigenvalue weighted by atomic mass is 32.1. The Labute approximate surface area is 186 Å². The second kappa shape index (κ2) is 9.76. The van der Waals surface area contributed by atoms with E-state index < -0.39 is 0 Å². The van der Waals surface area contributed by atoms with Gasteiger partial charge in [0.1, 0.15) is 16.6 Å². The van der Waals surface area contributed by atoms with E-state index in [2.05, 4.69) is 15.6 Å². The minimum Gasteiger partial charge on any atom is -0.497 e. The first-order chi connectivity index (χ1) is 15.1. The summed E-state index contributed by atoms with van der Waals surface area (Å²) >= 11 is 1.62. The van der Waals surface area contributed by atoms with Gasteiger partial charge in [-0.2, -0.15) is 4.98 Å². The Bertz CT molecular complexity index is 1040. The molecule has 1 aliphatic rings. The Hall–Kier alpha value is -2.49. The van der Waals surface area contributed by atoms with Crippen LogP contribution in [0, 0.1) is 12.8 Å². The first-order valence-electron chi connectivity index (χ1n) is 10.5. The van der Waals surface area contributed by atoms with Crippen molar-refractivity contribution in [2.75, 3.05) is 44.6 Å². The van der Waals surface area contributed by atoms with Crippen LogP contribution in [0.4, 0.5) is 11.8 Å². The molecule has 0 spiro atoms. The van der Waals surface area contributed by atoms with Gasteiger partial charge < -0.3 is 25.2 Å². The number of anilines is 2. The Morgan fingerprint density at radius 3 is 2.81 bits per heavy atom. The van der Waals surface area contributed by atoms with Gasteiger partial charge in [-0.25, -0.2) is 9.97 Å². The summed E-state index contributed by atoms with van der Waals surface area (Å²) in [7, 11) is 3.33. The van der Waals surface area contributed by atoms with Crippen molar-refractivity contribution in [2.24, 2.45) is 5.92 Å². The van der Waals surface area contributed by atoms with Crippen molar-refractivity contribution >= 4 is 33.3 Å². The molecule has 2 heterocycles. The van der Waals surface area contributed by atoms with Crippen LogP contribution in [0.15, 0.2) is 18.2 Å². The van der Waals surface area contributed by atoms with Crippen LogP contribution in [0.1, 0.15) is 25.0 Å². The van der Waals surface area contributed by atoms with Crippen LogP contribution in [0.2, 0.25) is 0 Å². The number of methoxy groups -OCH3 is 2. The van der Waals surface area contributed by atoms with Crippen molar-refractivity contribution in [3.63, 3.8) is 0 Å². The van der Waals surface area contributed by atoms with Crippen molar-refractivity contribution in [1.29, 1.82) is 0 Å². The van der Waals surface area contributed by atoms with Crippen LogP contribution in [0.3, 0.4) is 0 Å². The van der Waals surface area contributed by atoms with Crippen molar-refractivity contribution in [3.8, 4) is 16.3 Å². The number of nitrogens with zero attached hydrogens (tertiary/aromatic N) is 3. The Kier molecular flexibility index (Phi) is 6.84. The zero-order valence-electron chi connectivity index (χ0n) is 18.1. The number of aryl methyl sites for hydroxylation is 1. The molecule has 2 aromatic heterocycles. The maximum Gasteiger partial charge on any atom is 0.224 e. The Morgan fingerprint density at radius 1 is 1.19 bits per heavy atom. The third-order valence-corrected chi connectivity index (χ3v) is 6.68. The van der Waals surface area contributed by atoms with E-state index in [4.69, 9.17) is 19.4 Å². The van der Waals surface area contributed by atoms with E-state index in [1.807, 2.05) is 25.1 Å². The van der Waals surface area contributed by atoms with Gasteiger partial charge in [-0.15, -0.1) is 11.3 Å². The summed E-state index contributed by atoms with van der Waals surface area (Å²) in [5.74, 6) is 2.48. The lowest BCUT2D eigenvalue weighted by Gasteiger charge is -2.18. The fourth-order valence-corrected chi connectivity index (χ4v) is 5.03. The first kappa shape index (κ1) is 21.7. The maximum absolute atomic E-state index is 9.52. The van der Waals surface area contributed by atoms with Crippen molar-refractivity contribution in [1.82, 2.24) is 15.0 Å². The fourth-order valence-electron chi connectivity index (χ4n) is 3.98. The molecule has 0 aliphatic heterocycles. The zero-order chi connectivity index (χ0) is 21.8. The van der Waals surface area contributed by atoms with Gasteiger partial charge in [-0.3, -0.25) is 0 Å². The highest BCUT2D eigenvalue weighted by Gasteiger charge is 2.26. The lowest BCUT2D eigenvalue weighted by atomic mass is 10.1. The van der Waals surface area contributed by atoms with E-state index in [0.29, 0.717) is 25.0 Å². The van der Waals surface area contributed by atoms with Gasteiger partial charge in [0.2, 0.25) is 5.95 Å². The molecule has 4 rings (SSSR count). The number of fused-ring (bicyclic) bond motifs is 1. The molecule has 166 valence electrons. The number of hydrogen-bond acceptors (Lipinski definition) is 9. The van der Waals surface area contributed by atoms with Crippen LogP contribution in [0.5, 0.6) is 5.75 Å². The Morgan fingerprint density at radius 2 is 2.06 bits per heavy atom. The van der Waals surface area contributed by atoms with E-state index in [0.717, 1.165) is 57.3 Å². The molecule has 8 nitrogen and oxygen atoms in total. The molecule has 1 saturated carbocycles. The SMILES string of the molecule is COCCNc1nc(C)c(-c2nc3cc(OC)ccc3s2)c(N[C@H]2CC[C@@H](CO)C2)n1. The second-order valence-corrected chi connectivity index (χ2v) is 8.86. The predicted octanol–water partition coefficient (Wildman–Crippen LogP) is 3.70. The van der Waals surface area contributed by atoms with E-state index in [1.54, 1.807) is 25.6 Å². The van der Waals surface area contributed by atoms with Gasteiger partial charge in [-0.05, 0) is 44.2 Å². The zero-order valence-corrected chi connectivity index (χ0v) is 19.0. The number of hydrogen-bond donors (Lipinski definition) is 3. The lowest BCUT2D eigenvalue weighted by molar-refractivity contribution is 0.210. The van der Waals surface area contributed by atoms with E-state index in [9.17, 15) is 5.11 Å². The molecule has 3 aromatic rings. The number of thiazole rings is 1. The number of benzene rings is 1. The van der Waals surface area contributed by atoms with Gasteiger partial charge >= 0.3 is 0 Å². The minimum absolute atomic E-state index is 0.233. The summed E-state index contributed by atoms with van der Waals surface area (Å²) in [4.78, 5) is 14.3. The van der Waals surface area contributed by atoms with Gasteiger partial charge in [0.15, 0.2) is 0 Å². The van der Waals surface area contributed by atoms with Crippen molar-refractivity contribution in [2.45, 2.75) is 32.2 Å². The quantitative estimate of drug-likeness (QED) is 0.430. The van der Waals surface area contributed by atoms with E-state index in [1.165, 1.54) is 0 Å². The van der Waals surface area contributed by atoms with Crippen molar-refractivity contribution < 1.29 is 14.6 Å². The number of aliphatic hydroxyl groups excluding tert-OH is 1. The molecule has 31 heavy (non-hydrogen) atoms. The van der Waals surface area contributed by atoms with Crippen LogP contribution >= 0.6 is 11.3 Å². The molecule has 9 heteroatoms. The molecule has 3 N–H and O–H groups in total. The summed E-state index contributed by atoms with van der Waals surface area (Å²) in [6.45, 7) is 3.43. The highest BCUT2D eigenvalue weighted by Crippen LogP contribution is 2.38. The summed E-state index contributed by atoms with van der Waals surface area (Å²) in [5, 5.41) is 17.2. The molecule has 1 aliphatic carbocycles. The second-order valence-electron chi connectivity index (χ2n) is 7.83. The van der Waals surface area contributed by atoms with Gasteiger partial charge in [-0.1, -0.05) is 0 Å². The standard InChI is InChI=1S/C22H29N5O3S/c1-13-19(21-26-17-11-16(30-3)6-7-18(17)31-21)20(25-15-5-4-14(10-15)12-28)27-22(24-13)23-8-9-29-2/h6-7,11,14-15,28H,4-5,8-10,12H2,1-3H3,(H2,23,24,25,27)/t14-,15+/m1/s1. The molecule has 2 atom stereocenters. The number of aliphatic hydroxyl groups is 1. The van der Waals surface area contributed by atoms with Crippen molar-refractivity contribution in [3.05, 3.63) is 23.9 Å². The third-order valence-electron chi connectivity index (χ3n) is 5.63. The van der Waals surface area contributed by atoms with Crippen LogP contribution < -0.4 is 15.4 Å². The minimum atomic E-state index is 0.233. The number of aromatic nitrogens is 3. The summed E-state index contributed by atoms with van der Waals surface area (Å²) in [6, 6.07) is 6.19. The first-order valence-corrected chi connectivity index (χ1v) is 11.4. The van der Waals surface area contributed by atoms with Gasteiger partial charge in [0.05, 0.1) is 35.2 Å². The number of ether oxygens (including phenoxy) is 2. The molecule has 1 aromatic carbocycles. The summed E-state index contributed by atoms with van der Waals surface area (Å²) in [6.07, 6.45) is 2.97. The molecular weight excluding hydrogens is 414 g/mol. The van der Waals surface area contributed by atoms with E-state index in [-0.39, 0.29) is 12.6 Å². The average molecular weight is 444 g/mol. The van der Waals surface area contributed by atoms with Gasteiger partial charge in [0.25, 0.3) is 0 Å². The maximum atomic E-state index is 9.52. The summed E-state index contributed by atoms with van der Waals surface area (Å²) < 4.78 is 11.6. The van der Waals surface area contributed by atoms with Crippen LogP contribution in [-0.4, -0.2) is 60.1 Å². The normalized spacial score (nSPS) is 18.5. The molecule has 1 fully saturated rings. The molecular formula is C22H29N5O3S. The Balaban J connectivity index is 1.71. The topological polar surface area (TPSA) is 101 Å². The highest BCUT2D eigenvalue weighted by molar-refractivity contribution is 7.21. The fraction of sp³-hybridized carbons (Fsp3) is 0.500. The molecule has 0 amide bonds. The average Bonchev–Trinajstić information content (AvgIpc) is 3.39.